The van der Waals surface area contributed by atoms with Gasteiger partial charge in [0.15, 0.2) is 0 Å². The molecule has 0 aliphatic carbocycles. The number of benzene rings is 2. The summed E-state index contributed by atoms with van der Waals surface area (Å²) in [6.07, 6.45) is 4.49. The lowest BCUT2D eigenvalue weighted by atomic mass is 10.2. The van der Waals surface area contributed by atoms with Gasteiger partial charge >= 0.3 is 5.97 Å². The normalized spacial score (nSPS) is 10.6. The Morgan fingerprint density at radius 1 is 1.21 bits per heavy atom. The number of carbonyl (C=O) groups is 1. The van der Waals surface area contributed by atoms with Crippen molar-refractivity contribution < 1.29 is 14.3 Å². The first-order valence-electron chi connectivity index (χ1n) is 7.21. The van der Waals surface area contributed by atoms with Gasteiger partial charge in [-0.2, -0.15) is 0 Å². The molecule has 0 spiro atoms. The second-order valence-corrected chi connectivity index (χ2v) is 6.18. The maximum Gasteiger partial charge on any atom is 0.331 e. The summed E-state index contributed by atoms with van der Waals surface area (Å²) in [7, 11) is 0. The van der Waals surface area contributed by atoms with Crippen molar-refractivity contribution in [2.24, 2.45) is 0 Å². The molecule has 0 aromatic heterocycles. The zero-order valence-corrected chi connectivity index (χ0v) is 15.2. The van der Waals surface area contributed by atoms with Gasteiger partial charge in [-0.05, 0) is 41.5 Å². The Balaban J connectivity index is 1.96. The van der Waals surface area contributed by atoms with E-state index in [4.69, 9.17) is 21.1 Å². The van der Waals surface area contributed by atoms with Gasteiger partial charge in [0.05, 0.1) is 5.02 Å². The molecule has 0 heterocycles. The molecular formula is C19H16BrClO3. The average Bonchev–Trinajstić information content (AvgIpc) is 2.58. The van der Waals surface area contributed by atoms with E-state index in [9.17, 15) is 4.79 Å². The second kappa shape index (κ2) is 9.30. The summed E-state index contributed by atoms with van der Waals surface area (Å²) >= 11 is 9.62. The Morgan fingerprint density at radius 3 is 2.62 bits per heavy atom. The highest BCUT2D eigenvalue weighted by Gasteiger charge is 2.03. The molecule has 0 saturated heterocycles. The van der Waals surface area contributed by atoms with Gasteiger partial charge in [-0.1, -0.05) is 58.4 Å². The van der Waals surface area contributed by atoms with Crippen molar-refractivity contribution in [2.75, 3.05) is 6.61 Å². The first-order valence-corrected chi connectivity index (χ1v) is 8.38. The van der Waals surface area contributed by atoms with Gasteiger partial charge in [-0.25, -0.2) is 4.79 Å². The molecule has 2 rings (SSSR count). The first-order chi connectivity index (χ1) is 11.6. The van der Waals surface area contributed by atoms with Gasteiger partial charge in [0.1, 0.15) is 19.0 Å². The fraction of sp³-hybridized carbons (Fsp3) is 0.105. The molecule has 124 valence electrons. The van der Waals surface area contributed by atoms with Crippen molar-refractivity contribution in [2.45, 2.75) is 6.61 Å². The van der Waals surface area contributed by atoms with Crippen LogP contribution in [0.1, 0.15) is 11.1 Å². The van der Waals surface area contributed by atoms with Gasteiger partial charge in [-0.15, -0.1) is 0 Å². The van der Waals surface area contributed by atoms with Crippen LogP contribution in [0, 0.1) is 0 Å². The third-order valence-electron chi connectivity index (χ3n) is 3.02. The maximum atomic E-state index is 11.4. The lowest BCUT2D eigenvalue weighted by Gasteiger charge is -2.09. The Hall–Kier alpha value is -2.04. The highest BCUT2D eigenvalue weighted by Crippen LogP contribution is 2.27. The van der Waals surface area contributed by atoms with Crippen LogP contribution < -0.4 is 4.74 Å². The van der Waals surface area contributed by atoms with Crippen molar-refractivity contribution in [3.8, 4) is 5.75 Å². The molecule has 5 heteroatoms. The summed E-state index contributed by atoms with van der Waals surface area (Å²) in [5, 5.41) is 0.480. The molecular weight excluding hydrogens is 392 g/mol. The number of ether oxygens (including phenoxy) is 2. The summed E-state index contributed by atoms with van der Waals surface area (Å²) in [5.41, 5.74) is 1.83. The van der Waals surface area contributed by atoms with Gasteiger partial charge in [0.25, 0.3) is 0 Å². The van der Waals surface area contributed by atoms with Crippen molar-refractivity contribution in [1.29, 1.82) is 0 Å². The minimum atomic E-state index is -0.429. The van der Waals surface area contributed by atoms with E-state index in [2.05, 4.69) is 22.5 Å². The molecule has 0 unspecified atom stereocenters. The van der Waals surface area contributed by atoms with Crippen LogP contribution in [0.15, 0.2) is 65.7 Å². The summed E-state index contributed by atoms with van der Waals surface area (Å²) in [4.78, 5) is 11.4. The molecule has 2 aromatic rings. The van der Waals surface area contributed by atoms with Crippen LogP contribution in [-0.2, 0) is 16.1 Å². The summed E-state index contributed by atoms with van der Waals surface area (Å²) in [6, 6.07) is 13.2. The largest absolute Gasteiger partial charge is 0.487 e. The van der Waals surface area contributed by atoms with Crippen LogP contribution in [0.2, 0.25) is 5.02 Å². The van der Waals surface area contributed by atoms with E-state index in [0.717, 1.165) is 15.6 Å². The molecule has 0 aliphatic heterocycles. The molecule has 0 bridgehead atoms. The molecule has 24 heavy (non-hydrogen) atoms. The van der Waals surface area contributed by atoms with E-state index in [-0.39, 0.29) is 6.61 Å². The Labute approximate surface area is 154 Å². The van der Waals surface area contributed by atoms with Crippen molar-refractivity contribution in [3.05, 3.63) is 81.8 Å². The minimum Gasteiger partial charge on any atom is -0.487 e. The van der Waals surface area contributed by atoms with Crippen LogP contribution >= 0.6 is 27.5 Å². The van der Waals surface area contributed by atoms with Crippen LogP contribution in [0.4, 0.5) is 0 Å². The van der Waals surface area contributed by atoms with Crippen LogP contribution in [-0.4, -0.2) is 12.6 Å². The number of carbonyl (C=O) groups excluding carboxylic acids is 1. The zero-order chi connectivity index (χ0) is 17.4. The van der Waals surface area contributed by atoms with Gasteiger partial charge in [-0.3, -0.25) is 0 Å². The molecule has 0 radical (unpaired) electrons. The number of rotatable bonds is 7. The smallest absolute Gasteiger partial charge is 0.331 e. The standard InChI is InChI=1S/C19H16BrClO3/c1-2-11-23-19(22)10-6-14-5-9-18(17(21)12-14)24-13-15-3-7-16(20)8-4-15/h2-10,12H,1,11,13H2/b10-6+. The lowest BCUT2D eigenvalue weighted by molar-refractivity contribution is -0.136. The van der Waals surface area contributed by atoms with Crippen LogP contribution in [0.25, 0.3) is 6.08 Å². The van der Waals surface area contributed by atoms with Crippen molar-refractivity contribution in [1.82, 2.24) is 0 Å². The zero-order valence-electron chi connectivity index (χ0n) is 12.9. The Morgan fingerprint density at radius 2 is 1.96 bits per heavy atom. The summed E-state index contributed by atoms with van der Waals surface area (Å²) < 4.78 is 11.6. The number of hydrogen-bond donors (Lipinski definition) is 0. The highest BCUT2D eigenvalue weighted by atomic mass is 79.9. The predicted molar refractivity (Wildman–Crippen MR) is 100 cm³/mol. The van der Waals surface area contributed by atoms with Gasteiger partial charge in [0, 0.05) is 10.5 Å². The summed E-state index contributed by atoms with van der Waals surface area (Å²) in [5.74, 6) is 0.160. The van der Waals surface area contributed by atoms with Gasteiger partial charge < -0.3 is 9.47 Å². The van der Waals surface area contributed by atoms with Crippen LogP contribution in [0.3, 0.4) is 0 Å². The monoisotopic (exact) mass is 406 g/mol. The van der Waals surface area contributed by atoms with E-state index < -0.39 is 5.97 Å². The van der Waals surface area contributed by atoms with E-state index in [1.54, 1.807) is 18.2 Å². The molecule has 2 aromatic carbocycles. The van der Waals surface area contributed by atoms with Crippen molar-refractivity contribution in [3.63, 3.8) is 0 Å². The molecule has 0 fully saturated rings. The van der Waals surface area contributed by atoms with Crippen molar-refractivity contribution >= 4 is 39.6 Å². The number of hydrogen-bond acceptors (Lipinski definition) is 3. The fourth-order valence-electron chi connectivity index (χ4n) is 1.83. The van der Waals surface area contributed by atoms with E-state index in [1.165, 1.54) is 12.2 Å². The topological polar surface area (TPSA) is 35.5 Å². The number of esters is 1. The Bertz CT molecular complexity index is 739. The molecule has 0 aliphatic rings. The molecule has 0 atom stereocenters. The summed E-state index contributed by atoms with van der Waals surface area (Å²) in [6.45, 7) is 4.09. The lowest BCUT2D eigenvalue weighted by Crippen LogP contribution is -1.99. The predicted octanol–water partition coefficient (Wildman–Crippen LogP) is 5.42. The molecule has 0 saturated carbocycles. The molecule has 0 amide bonds. The van der Waals surface area contributed by atoms with Gasteiger partial charge in [0.2, 0.25) is 0 Å². The first kappa shape index (κ1) is 18.3. The highest BCUT2D eigenvalue weighted by molar-refractivity contribution is 9.10. The molecule has 3 nitrogen and oxygen atoms in total. The van der Waals surface area contributed by atoms with E-state index in [1.807, 2.05) is 30.3 Å². The van der Waals surface area contributed by atoms with Crippen LogP contribution in [0.5, 0.6) is 5.75 Å². The van der Waals surface area contributed by atoms with E-state index >= 15 is 0 Å². The SMILES string of the molecule is C=CCOC(=O)/C=C/c1ccc(OCc2ccc(Br)cc2)c(Cl)c1. The third-order valence-corrected chi connectivity index (χ3v) is 3.84. The molecule has 0 N–H and O–H groups in total. The second-order valence-electron chi connectivity index (χ2n) is 4.86. The fourth-order valence-corrected chi connectivity index (χ4v) is 2.34. The minimum absolute atomic E-state index is 0.187. The Kier molecular flexibility index (Phi) is 7.09. The quantitative estimate of drug-likeness (QED) is 0.349. The third kappa shape index (κ3) is 5.87. The van der Waals surface area contributed by atoms with E-state index in [0.29, 0.717) is 17.4 Å². The average molecular weight is 408 g/mol. The number of halogens is 2. The maximum absolute atomic E-state index is 11.4.